The number of nitrogens with zero attached hydrogens (tertiary/aromatic N) is 5. The predicted molar refractivity (Wildman–Crippen MR) is 157 cm³/mol. The highest BCUT2D eigenvalue weighted by Gasteiger charge is 2.19. The van der Waals surface area contributed by atoms with Crippen LogP contribution in [0.5, 0.6) is 0 Å². The second-order valence-electron chi connectivity index (χ2n) is 9.50. The highest BCUT2D eigenvalue weighted by Crippen LogP contribution is 2.34. The zero-order valence-electron chi connectivity index (χ0n) is 22.2. The van der Waals surface area contributed by atoms with Crippen molar-refractivity contribution >= 4 is 50.0 Å². The summed E-state index contributed by atoms with van der Waals surface area (Å²) in [5.41, 5.74) is 12.9. The van der Waals surface area contributed by atoms with Gasteiger partial charge < -0.3 is 20.5 Å². The maximum Gasteiger partial charge on any atom is 0.229 e. The fraction of sp³-hybridized carbons (Fsp3) is 0.207. The van der Waals surface area contributed by atoms with E-state index in [4.69, 9.17) is 15.7 Å². The SMILES string of the molecule is CCn1c(N)nc2c(Cc3ccccc3)c(N(C)c3ccnc(Nc4ccc(CS(C)(=O)=O)cc4)n3)ccc21. The van der Waals surface area contributed by atoms with Crippen molar-refractivity contribution in [1.29, 1.82) is 0 Å². The Labute approximate surface area is 228 Å². The van der Waals surface area contributed by atoms with Crippen LogP contribution in [0.4, 0.5) is 29.1 Å². The molecule has 0 amide bonds. The summed E-state index contributed by atoms with van der Waals surface area (Å²) in [6.07, 6.45) is 3.62. The number of sulfone groups is 1. The summed E-state index contributed by atoms with van der Waals surface area (Å²) in [4.78, 5) is 15.9. The summed E-state index contributed by atoms with van der Waals surface area (Å²) < 4.78 is 25.2. The number of fused-ring (bicyclic) bond motifs is 1. The van der Waals surface area contributed by atoms with E-state index in [0.29, 0.717) is 24.1 Å². The Kier molecular flexibility index (Phi) is 7.21. The van der Waals surface area contributed by atoms with Crippen LogP contribution in [0.3, 0.4) is 0 Å². The van der Waals surface area contributed by atoms with Gasteiger partial charge in [0.05, 0.1) is 16.8 Å². The largest absolute Gasteiger partial charge is 0.369 e. The Morgan fingerprint density at radius 3 is 2.38 bits per heavy atom. The van der Waals surface area contributed by atoms with E-state index in [9.17, 15) is 8.42 Å². The summed E-state index contributed by atoms with van der Waals surface area (Å²) in [5, 5.41) is 3.21. The molecule has 0 aliphatic carbocycles. The normalized spacial score (nSPS) is 11.6. The number of hydrogen-bond donors (Lipinski definition) is 2. The number of nitrogen functional groups attached to an aromatic ring is 1. The van der Waals surface area contributed by atoms with Gasteiger partial charge in [-0.05, 0) is 48.4 Å². The van der Waals surface area contributed by atoms with Gasteiger partial charge in [-0.3, -0.25) is 0 Å². The number of aryl methyl sites for hydroxylation is 1. The van der Waals surface area contributed by atoms with Gasteiger partial charge in [0.25, 0.3) is 0 Å². The molecule has 0 atom stereocenters. The first-order chi connectivity index (χ1) is 18.7. The first-order valence-electron chi connectivity index (χ1n) is 12.6. The quantitative estimate of drug-likeness (QED) is 0.265. The topological polar surface area (TPSA) is 119 Å². The molecule has 5 aromatic rings. The molecular formula is C29H31N7O2S. The van der Waals surface area contributed by atoms with E-state index in [1.165, 1.54) is 11.8 Å². The van der Waals surface area contributed by atoms with Crippen molar-refractivity contribution in [3.8, 4) is 0 Å². The molecule has 3 aromatic carbocycles. The van der Waals surface area contributed by atoms with Crippen molar-refractivity contribution in [2.75, 3.05) is 29.3 Å². The van der Waals surface area contributed by atoms with E-state index >= 15 is 0 Å². The van der Waals surface area contributed by atoms with Gasteiger partial charge in [0.1, 0.15) is 5.82 Å². The summed E-state index contributed by atoms with van der Waals surface area (Å²) in [6, 6.07) is 23.5. The summed E-state index contributed by atoms with van der Waals surface area (Å²) in [5.74, 6) is 1.64. The van der Waals surface area contributed by atoms with Crippen LogP contribution in [-0.2, 0) is 28.6 Å². The van der Waals surface area contributed by atoms with E-state index < -0.39 is 9.84 Å². The number of benzene rings is 3. The van der Waals surface area contributed by atoms with Crippen LogP contribution in [0.1, 0.15) is 23.6 Å². The standard InChI is InChI=1S/C29H31N7O2S/c1-4-36-25-15-14-24(23(27(25)34-28(36)30)18-20-8-6-5-7-9-20)35(2)26-16-17-31-29(33-26)32-22-12-10-21(11-13-22)19-39(3,37)38/h5-17H,4,18-19H2,1-3H3,(H2,30,34)(H,31,32,33). The zero-order valence-corrected chi connectivity index (χ0v) is 23.0. The molecule has 0 saturated heterocycles. The van der Waals surface area contributed by atoms with Crippen molar-refractivity contribution in [1.82, 2.24) is 19.5 Å². The van der Waals surface area contributed by atoms with E-state index in [1.54, 1.807) is 18.3 Å². The highest BCUT2D eigenvalue weighted by atomic mass is 32.2. The molecule has 0 bridgehead atoms. The van der Waals surface area contributed by atoms with Crippen molar-refractivity contribution < 1.29 is 8.42 Å². The molecule has 10 heteroatoms. The zero-order chi connectivity index (χ0) is 27.6. The van der Waals surface area contributed by atoms with E-state index in [2.05, 4.69) is 41.5 Å². The molecule has 0 fully saturated rings. The third-order valence-electron chi connectivity index (χ3n) is 6.56. The van der Waals surface area contributed by atoms with Gasteiger partial charge in [-0.15, -0.1) is 0 Å². The molecule has 9 nitrogen and oxygen atoms in total. The lowest BCUT2D eigenvalue weighted by Crippen LogP contribution is -2.15. The lowest BCUT2D eigenvalue weighted by Gasteiger charge is -2.23. The van der Waals surface area contributed by atoms with Crippen molar-refractivity contribution in [2.45, 2.75) is 25.6 Å². The van der Waals surface area contributed by atoms with Crippen LogP contribution in [0, 0.1) is 0 Å². The van der Waals surface area contributed by atoms with Crippen LogP contribution in [0.2, 0.25) is 0 Å². The average Bonchev–Trinajstić information content (AvgIpc) is 3.25. The molecule has 0 unspecified atom stereocenters. The molecule has 0 saturated carbocycles. The summed E-state index contributed by atoms with van der Waals surface area (Å²) in [7, 11) is -1.12. The third kappa shape index (κ3) is 5.85. The van der Waals surface area contributed by atoms with Gasteiger partial charge in [0.2, 0.25) is 11.9 Å². The Hall–Kier alpha value is -4.44. The second kappa shape index (κ2) is 10.7. The summed E-state index contributed by atoms with van der Waals surface area (Å²) >= 11 is 0. The Balaban J connectivity index is 1.47. The summed E-state index contributed by atoms with van der Waals surface area (Å²) in [6.45, 7) is 2.79. The molecule has 3 N–H and O–H groups in total. The van der Waals surface area contributed by atoms with Crippen LogP contribution in [0.15, 0.2) is 79.0 Å². The minimum atomic E-state index is -3.09. The highest BCUT2D eigenvalue weighted by molar-refractivity contribution is 7.89. The third-order valence-corrected chi connectivity index (χ3v) is 7.41. The minimum Gasteiger partial charge on any atom is -0.369 e. The second-order valence-corrected chi connectivity index (χ2v) is 11.6. The van der Waals surface area contributed by atoms with Gasteiger partial charge in [0.15, 0.2) is 9.84 Å². The van der Waals surface area contributed by atoms with Crippen molar-refractivity contribution in [3.05, 3.63) is 95.7 Å². The van der Waals surface area contributed by atoms with E-state index in [0.717, 1.165) is 40.1 Å². The number of aromatic nitrogens is 4. The molecular weight excluding hydrogens is 510 g/mol. The number of nitrogens with two attached hydrogens (primary N) is 1. The molecule has 5 rings (SSSR count). The molecule has 0 aliphatic rings. The number of rotatable bonds is 9. The molecule has 200 valence electrons. The smallest absolute Gasteiger partial charge is 0.229 e. The monoisotopic (exact) mass is 541 g/mol. The fourth-order valence-electron chi connectivity index (χ4n) is 4.71. The Bertz CT molecular complexity index is 1720. The molecule has 0 aliphatic heterocycles. The van der Waals surface area contributed by atoms with Crippen LogP contribution >= 0.6 is 0 Å². The maximum absolute atomic E-state index is 11.6. The number of hydrogen-bond acceptors (Lipinski definition) is 8. The van der Waals surface area contributed by atoms with Crippen molar-refractivity contribution in [3.63, 3.8) is 0 Å². The molecule has 39 heavy (non-hydrogen) atoms. The molecule has 2 heterocycles. The maximum atomic E-state index is 11.6. The van der Waals surface area contributed by atoms with Gasteiger partial charge >= 0.3 is 0 Å². The number of imidazole rings is 1. The van der Waals surface area contributed by atoms with Crippen LogP contribution in [-0.4, -0.2) is 41.2 Å². The first-order valence-corrected chi connectivity index (χ1v) is 14.7. The first kappa shape index (κ1) is 26.2. The lowest BCUT2D eigenvalue weighted by molar-refractivity contribution is 0.601. The Morgan fingerprint density at radius 2 is 1.69 bits per heavy atom. The van der Waals surface area contributed by atoms with Gasteiger partial charge in [-0.2, -0.15) is 4.98 Å². The molecule has 2 aromatic heterocycles. The minimum absolute atomic E-state index is 0.00185. The lowest BCUT2D eigenvalue weighted by atomic mass is 10.0. The van der Waals surface area contributed by atoms with Gasteiger partial charge in [-0.1, -0.05) is 42.5 Å². The van der Waals surface area contributed by atoms with Crippen LogP contribution < -0.4 is 16.0 Å². The average molecular weight is 542 g/mol. The fourth-order valence-corrected chi connectivity index (χ4v) is 5.51. The van der Waals surface area contributed by atoms with Gasteiger partial charge in [-0.25, -0.2) is 18.4 Å². The van der Waals surface area contributed by atoms with E-state index in [1.807, 2.05) is 52.9 Å². The van der Waals surface area contributed by atoms with Crippen LogP contribution in [0.25, 0.3) is 11.0 Å². The molecule has 0 spiro atoms. The number of anilines is 5. The Morgan fingerprint density at radius 1 is 0.949 bits per heavy atom. The van der Waals surface area contributed by atoms with E-state index in [-0.39, 0.29) is 5.75 Å². The van der Waals surface area contributed by atoms with Crippen molar-refractivity contribution in [2.24, 2.45) is 0 Å². The predicted octanol–water partition coefficient (Wildman–Crippen LogP) is 5.08. The van der Waals surface area contributed by atoms with Gasteiger partial charge in [0, 0.05) is 49.4 Å². The molecule has 0 radical (unpaired) electrons. The number of nitrogens with one attached hydrogen (secondary N) is 1.